The molecule has 3 aromatic rings. The Morgan fingerprint density at radius 2 is 1.89 bits per heavy atom. The van der Waals surface area contributed by atoms with Gasteiger partial charge in [-0.25, -0.2) is 4.98 Å². The lowest BCUT2D eigenvalue weighted by atomic mass is 9.98. The monoisotopic (exact) mass is 377 g/mol. The predicted molar refractivity (Wildman–Crippen MR) is 109 cm³/mol. The van der Waals surface area contributed by atoms with E-state index in [-0.39, 0.29) is 5.78 Å². The first-order valence-electron chi connectivity index (χ1n) is 9.70. The van der Waals surface area contributed by atoms with E-state index >= 15 is 0 Å². The Bertz CT molecular complexity index is 993. The molecule has 0 aliphatic carbocycles. The van der Waals surface area contributed by atoms with Crippen molar-refractivity contribution in [2.75, 3.05) is 38.3 Å². The minimum absolute atomic E-state index is 0.0186. The number of methoxy groups -OCH3 is 1. The molecule has 1 aromatic heterocycles. The summed E-state index contributed by atoms with van der Waals surface area (Å²) >= 11 is 0. The number of fused-ring (bicyclic) bond motifs is 1. The molecule has 0 atom stereocenters. The lowest BCUT2D eigenvalue weighted by Gasteiger charge is -2.30. The van der Waals surface area contributed by atoms with Gasteiger partial charge in [0.2, 0.25) is 11.3 Å². The van der Waals surface area contributed by atoms with Gasteiger partial charge < -0.3 is 14.4 Å². The zero-order chi connectivity index (χ0) is 19.5. The number of benzene rings is 2. The molecule has 4 rings (SSSR count). The van der Waals surface area contributed by atoms with Crippen molar-refractivity contribution in [2.24, 2.45) is 0 Å². The van der Waals surface area contributed by atoms with Crippen LogP contribution in [-0.2, 0) is 11.2 Å². The number of aryl methyl sites for hydroxylation is 1. The molecule has 5 nitrogen and oxygen atoms in total. The molecule has 0 bridgehead atoms. The zero-order valence-electron chi connectivity index (χ0n) is 16.3. The van der Waals surface area contributed by atoms with Crippen LogP contribution in [0, 0.1) is 0 Å². The summed E-state index contributed by atoms with van der Waals surface area (Å²) < 4.78 is 11.0. The Morgan fingerprint density at radius 1 is 1.14 bits per heavy atom. The highest BCUT2D eigenvalue weighted by atomic mass is 16.5. The van der Waals surface area contributed by atoms with Crippen molar-refractivity contribution in [3.63, 3.8) is 0 Å². The predicted octanol–water partition coefficient (Wildman–Crippen LogP) is 3.29. The molecule has 0 spiro atoms. The number of carbonyl (C=O) groups is 1. The molecule has 1 aliphatic heterocycles. The maximum Gasteiger partial charge on any atom is 0.213 e. The van der Waals surface area contributed by atoms with Gasteiger partial charge in [0.05, 0.1) is 31.4 Å². The van der Waals surface area contributed by atoms with Gasteiger partial charge in [0, 0.05) is 24.7 Å². The van der Waals surface area contributed by atoms with Crippen molar-refractivity contribution in [2.45, 2.75) is 13.3 Å². The van der Waals surface area contributed by atoms with E-state index in [9.17, 15) is 4.79 Å². The fourth-order valence-corrected chi connectivity index (χ4v) is 3.68. The lowest BCUT2D eigenvalue weighted by Crippen LogP contribution is -2.37. The van der Waals surface area contributed by atoms with Crippen LogP contribution in [0.25, 0.3) is 10.9 Å². The zero-order valence-corrected chi connectivity index (χ0v) is 16.3. The van der Waals surface area contributed by atoms with E-state index < -0.39 is 0 Å². The summed E-state index contributed by atoms with van der Waals surface area (Å²) in [4.78, 5) is 18.9. The maximum absolute atomic E-state index is 13.4. The highest BCUT2D eigenvalue weighted by Gasteiger charge is 2.26. The van der Waals surface area contributed by atoms with E-state index in [1.807, 2.05) is 48.7 Å². The Labute approximate surface area is 164 Å². The van der Waals surface area contributed by atoms with Crippen molar-refractivity contribution >= 4 is 22.4 Å². The topological polar surface area (TPSA) is 52.9 Å². The van der Waals surface area contributed by atoms with Gasteiger partial charge in [0.1, 0.15) is 11.3 Å². The fourth-order valence-electron chi connectivity index (χ4n) is 3.68. The third-order valence-corrected chi connectivity index (χ3v) is 5.31. The Morgan fingerprint density at radius 3 is 2.57 bits per heavy atom. The molecule has 1 aliphatic rings. The van der Waals surface area contributed by atoms with Crippen molar-refractivity contribution in [3.8, 4) is 5.75 Å². The summed E-state index contributed by atoms with van der Waals surface area (Å²) in [6.07, 6.45) is 2.78. The quantitative estimate of drug-likeness (QED) is 0.640. The number of ketones is 1. The Kier molecular flexibility index (Phi) is 5.26. The van der Waals surface area contributed by atoms with E-state index in [0.717, 1.165) is 41.9 Å². The number of hydrogen-bond acceptors (Lipinski definition) is 4. The summed E-state index contributed by atoms with van der Waals surface area (Å²) in [6.45, 7) is 4.93. The van der Waals surface area contributed by atoms with Crippen LogP contribution in [-0.4, -0.2) is 39.2 Å². The molecule has 5 heteroatoms. The maximum atomic E-state index is 13.4. The minimum atomic E-state index is 0.0186. The third kappa shape index (κ3) is 3.45. The van der Waals surface area contributed by atoms with E-state index in [2.05, 4.69) is 16.8 Å². The minimum Gasteiger partial charge on any atom is -0.497 e. The van der Waals surface area contributed by atoms with Gasteiger partial charge in [-0.3, -0.25) is 4.79 Å². The van der Waals surface area contributed by atoms with Gasteiger partial charge in [-0.2, -0.15) is 0 Å². The van der Waals surface area contributed by atoms with Gasteiger partial charge in [0.15, 0.2) is 6.20 Å². The molecule has 28 heavy (non-hydrogen) atoms. The van der Waals surface area contributed by atoms with Crippen LogP contribution in [0.1, 0.15) is 28.4 Å². The van der Waals surface area contributed by atoms with E-state index in [1.54, 1.807) is 7.11 Å². The summed E-state index contributed by atoms with van der Waals surface area (Å²) in [5.41, 5.74) is 4.51. The number of hydrogen-bond donors (Lipinski definition) is 0. The average Bonchev–Trinajstić information content (AvgIpc) is 2.78. The lowest BCUT2D eigenvalue weighted by molar-refractivity contribution is -0.344. The second-order valence-corrected chi connectivity index (χ2v) is 6.94. The summed E-state index contributed by atoms with van der Waals surface area (Å²) in [5, 5.41) is 0.984. The number of aromatic nitrogens is 1. The number of anilines is 1. The first kappa shape index (κ1) is 18.4. The Balaban J connectivity index is 1.87. The number of morpholine rings is 1. The number of aromatic amines is 1. The summed E-state index contributed by atoms with van der Waals surface area (Å²) in [7, 11) is 1.66. The number of ether oxygens (including phenoxy) is 2. The molecule has 0 amide bonds. The van der Waals surface area contributed by atoms with Crippen LogP contribution in [0.4, 0.5) is 5.69 Å². The van der Waals surface area contributed by atoms with Crippen LogP contribution in [0.2, 0.25) is 0 Å². The number of nitrogens with one attached hydrogen (secondary N) is 1. The van der Waals surface area contributed by atoms with Gasteiger partial charge in [-0.1, -0.05) is 31.2 Å². The standard InChI is InChI=1S/C23H24N2O3/c1-3-16-4-6-17(7-5-16)23(26)20-15-24-21-9-8-18(27-2)14-19(21)22(20)25-10-12-28-13-11-25/h4-9,14-15H,3,10-13H2,1-2H3/p+1. The van der Waals surface area contributed by atoms with Crippen molar-refractivity contribution in [1.29, 1.82) is 0 Å². The molecule has 2 aromatic carbocycles. The normalized spacial score (nSPS) is 14.3. The molecular weight excluding hydrogens is 352 g/mol. The molecule has 1 fully saturated rings. The van der Waals surface area contributed by atoms with E-state index in [1.165, 1.54) is 5.56 Å². The molecule has 1 N–H and O–H groups in total. The average molecular weight is 377 g/mol. The van der Waals surface area contributed by atoms with Crippen LogP contribution >= 0.6 is 0 Å². The van der Waals surface area contributed by atoms with E-state index in [0.29, 0.717) is 24.3 Å². The molecular formula is C23H25N2O3+. The number of H-pyrrole nitrogens is 1. The van der Waals surface area contributed by atoms with Gasteiger partial charge >= 0.3 is 0 Å². The Hall–Kier alpha value is -2.92. The third-order valence-electron chi connectivity index (χ3n) is 5.31. The number of pyridine rings is 1. The first-order chi connectivity index (χ1) is 13.7. The summed E-state index contributed by atoms with van der Waals surface area (Å²) in [5.74, 6) is 0.789. The highest BCUT2D eigenvalue weighted by molar-refractivity contribution is 6.15. The molecule has 0 saturated carbocycles. The molecule has 1 saturated heterocycles. The molecule has 0 radical (unpaired) electrons. The van der Waals surface area contributed by atoms with Crippen molar-refractivity contribution in [1.82, 2.24) is 0 Å². The van der Waals surface area contributed by atoms with Gasteiger partial charge in [0.25, 0.3) is 0 Å². The molecule has 2 heterocycles. The SMILES string of the molecule is CCc1ccc(C(=O)c2c[nH+]c3ccc(OC)cc3c2N2CCOCC2)cc1. The van der Waals surface area contributed by atoms with Crippen LogP contribution in [0.15, 0.2) is 48.7 Å². The molecule has 144 valence electrons. The van der Waals surface area contributed by atoms with Crippen molar-refractivity contribution < 1.29 is 19.3 Å². The van der Waals surface area contributed by atoms with Gasteiger partial charge in [-0.15, -0.1) is 0 Å². The number of carbonyl (C=O) groups excluding carboxylic acids is 1. The molecule has 0 unspecified atom stereocenters. The van der Waals surface area contributed by atoms with Crippen LogP contribution in [0.3, 0.4) is 0 Å². The smallest absolute Gasteiger partial charge is 0.213 e. The second kappa shape index (κ2) is 7.98. The van der Waals surface area contributed by atoms with Crippen molar-refractivity contribution in [3.05, 3.63) is 65.4 Å². The van der Waals surface area contributed by atoms with Crippen LogP contribution in [0.5, 0.6) is 5.75 Å². The first-order valence-corrected chi connectivity index (χ1v) is 9.70. The number of rotatable bonds is 5. The second-order valence-electron chi connectivity index (χ2n) is 6.94. The van der Waals surface area contributed by atoms with Crippen LogP contribution < -0.4 is 14.6 Å². The van der Waals surface area contributed by atoms with E-state index in [4.69, 9.17) is 9.47 Å². The largest absolute Gasteiger partial charge is 0.497 e. The number of nitrogens with zero attached hydrogens (tertiary/aromatic N) is 1. The summed E-state index contributed by atoms with van der Waals surface area (Å²) in [6, 6.07) is 13.8. The van der Waals surface area contributed by atoms with Gasteiger partial charge in [-0.05, 0) is 24.1 Å². The fraction of sp³-hybridized carbons (Fsp3) is 0.304. The highest BCUT2D eigenvalue weighted by Crippen LogP contribution is 2.33.